The minimum atomic E-state index is -0.283. The summed E-state index contributed by atoms with van der Waals surface area (Å²) in [4.78, 5) is 0.947. The molecular weight excluding hydrogens is 252 g/mol. The number of rotatable bonds is 4. The van der Waals surface area contributed by atoms with Crippen molar-refractivity contribution in [1.29, 1.82) is 0 Å². The Balaban J connectivity index is 1.96. The van der Waals surface area contributed by atoms with Gasteiger partial charge in [0.25, 0.3) is 0 Å². The van der Waals surface area contributed by atoms with Crippen molar-refractivity contribution in [2.75, 3.05) is 5.75 Å². The zero-order valence-electron chi connectivity index (χ0n) is 9.64. The van der Waals surface area contributed by atoms with Gasteiger partial charge >= 0.3 is 0 Å². The normalized spacial score (nSPS) is 12.4. The fourth-order valence-electron chi connectivity index (χ4n) is 1.55. The topological polar surface area (TPSA) is 26.0 Å². The molecule has 94 valence electrons. The predicted molar refractivity (Wildman–Crippen MR) is 70.5 cm³/mol. The quantitative estimate of drug-likeness (QED) is 0.852. The van der Waals surface area contributed by atoms with E-state index in [9.17, 15) is 8.78 Å². The van der Waals surface area contributed by atoms with Crippen molar-refractivity contribution < 1.29 is 8.78 Å². The second-order valence-corrected chi connectivity index (χ2v) is 5.02. The van der Waals surface area contributed by atoms with Gasteiger partial charge in [-0.3, -0.25) is 0 Å². The first-order valence-corrected chi connectivity index (χ1v) is 6.53. The van der Waals surface area contributed by atoms with Crippen molar-refractivity contribution in [1.82, 2.24) is 0 Å². The first-order chi connectivity index (χ1) is 8.65. The van der Waals surface area contributed by atoms with Crippen LogP contribution < -0.4 is 5.73 Å². The van der Waals surface area contributed by atoms with Crippen LogP contribution in [0.15, 0.2) is 53.4 Å². The highest BCUT2D eigenvalue weighted by molar-refractivity contribution is 7.99. The average Bonchev–Trinajstić information content (AvgIpc) is 2.38. The van der Waals surface area contributed by atoms with Gasteiger partial charge in [-0.2, -0.15) is 0 Å². The van der Waals surface area contributed by atoms with Gasteiger partial charge in [0, 0.05) is 16.7 Å². The van der Waals surface area contributed by atoms with Crippen LogP contribution in [0.3, 0.4) is 0 Å². The Bertz CT molecular complexity index is 513. The van der Waals surface area contributed by atoms with Crippen LogP contribution in [0.5, 0.6) is 0 Å². The SMILES string of the molecule is NC(CSc1ccc(F)cc1)c1cccc(F)c1. The summed E-state index contributed by atoms with van der Waals surface area (Å²) in [5.74, 6) is 0.0817. The molecule has 2 N–H and O–H groups in total. The molecule has 0 radical (unpaired) electrons. The van der Waals surface area contributed by atoms with Crippen LogP contribution >= 0.6 is 11.8 Å². The molecule has 4 heteroatoms. The van der Waals surface area contributed by atoms with Crippen LogP contribution in [0.2, 0.25) is 0 Å². The van der Waals surface area contributed by atoms with Crippen LogP contribution in [0, 0.1) is 11.6 Å². The maximum Gasteiger partial charge on any atom is 0.123 e. The highest BCUT2D eigenvalue weighted by Gasteiger charge is 2.07. The van der Waals surface area contributed by atoms with Crippen LogP contribution in [0.1, 0.15) is 11.6 Å². The Morgan fingerprint density at radius 2 is 1.72 bits per heavy atom. The highest BCUT2D eigenvalue weighted by atomic mass is 32.2. The lowest BCUT2D eigenvalue weighted by atomic mass is 10.1. The Hall–Kier alpha value is -1.39. The molecule has 0 saturated heterocycles. The van der Waals surface area contributed by atoms with Gasteiger partial charge in [0.05, 0.1) is 0 Å². The Morgan fingerprint density at radius 3 is 2.39 bits per heavy atom. The van der Waals surface area contributed by atoms with Crippen molar-refractivity contribution in [3.8, 4) is 0 Å². The molecule has 2 aromatic carbocycles. The molecule has 0 aromatic heterocycles. The van der Waals surface area contributed by atoms with Crippen LogP contribution in [0.25, 0.3) is 0 Å². The van der Waals surface area contributed by atoms with E-state index in [4.69, 9.17) is 5.73 Å². The fraction of sp³-hybridized carbons (Fsp3) is 0.143. The summed E-state index contributed by atoms with van der Waals surface area (Å²) in [5, 5.41) is 0. The standard InChI is InChI=1S/C14H13F2NS/c15-11-4-6-13(7-5-11)18-9-14(17)10-2-1-3-12(16)8-10/h1-8,14H,9,17H2. The largest absolute Gasteiger partial charge is 0.323 e. The number of thioether (sulfide) groups is 1. The highest BCUT2D eigenvalue weighted by Crippen LogP contribution is 2.23. The molecule has 0 amide bonds. The van der Waals surface area contributed by atoms with Crippen molar-refractivity contribution in [3.63, 3.8) is 0 Å². The molecule has 1 nitrogen and oxygen atoms in total. The lowest BCUT2D eigenvalue weighted by Gasteiger charge is -2.11. The van der Waals surface area contributed by atoms with Gasteiger partial charge < -0.3 is 5.73 Å². The number of halogens is 2. The van der Waals surface area contributed by atoms with E-state index in [1.165, 1.54) is 36.0 Å². The maximum atomic E-state index is 13.0. The minimum Gasteiger partial charge on any atom is -0.323 e. The van der Waals surface area contributed by atoms with Crippen LogP contribution in [-0.4, -0.2) is 5.75 Å². The number of benzene rings is 2. The third-order valence-electron chi connectivity index (χ3n) is 2.52. The second kappa shape index (κ2) is 5.98. The lowest BCUT2D eigenvalue weighted by Crippen LogP contribution is -2.13. The first kappa shape index (κ1) is 13.1. The molecule has 0 aliphatic carbocycles. The monoisotopic (exact) mass is 265 g/mol. The molecule has 0 bridgehead atoms. The van der Waals surface area contributed by atoms with E-state index in [0.717, 1.165) is 10.5 Å². The third-order valence-corrected chi connectivity index (χ3v) is 3.65. The van der Waals surface area contributed by atoms with Crippen molar-refractivity contribution in [3.05, 3.63) is 65.7 Å². The van der Waals surface area contributed by atoms with E-state index in [1.807, 2.05) is 0 Å². The van der Waals surface area contributed by atoms with Crippen molar-refractivity contribution >= 4 is 11.8 Å². The van der Waals surface area contributed by atoms with E-state index in [1.54, 1.807) is 24.3 Å². The first-order valence-electron chi connectivity index (χ1n) is 5.54. The number of nitrogens with two attached hydrogens (primary N) is 1. The van der Waals surface area contributed by atoms with Crippen LogP contribution in [0.4, 0.5) is 8.78 Å². The fourth-order valence-corrected chi connectivity index (χ4v) is 2.44. The zero-order valence-corrected chi connectivity index (χ0v) is 10.5. The maximum absolute atomic E-state index is 13.0. The van der Waals surface area contributed by atoms with Crippen molar-refractivity contribution in [2.45, 2.75) is 10.9 Å². The van der Waals surface area contributed by atoms with E-state index in [2.05, 4.69) is 0 Å². The summed E-state index contributed by atoms with van der Waals surface area (Å²) in [6.07, 6.45) is 0. The molecule has 0 aliphatic rings. The van der Waals surface area contributed by atoms with Gasteiger partial charge in [-0.15, -0.1) is 11.8 Å². The zero-order chi connectivity index (χ0) is 13.0. The lowest BCUT2D eigenvalue weighted by molar-refractivity contribution is 0.622. The molecule has 1 unspecified atom stereocenters. The molecule has 2 aromatic rings. The smallest absolute Gasteiger partial charge is 0.123 e. The molecule has 0 heterocycles. The van der Waals surface area contributed by atoms with E-state index >= 15 is 0 Å². The van der Waals surface area contributed by atoms with Gasteiger partial charge in [-0.05, 0) is 42.0 Å². The minimum absolute atomic E-state index is 0.240. The Kier molecular flexibility index (Phi) is 4.33. The molecule has 1 atom stereocenters. The van der Waals surface area contributed by atoms with Gasteiger partial charge in [-0.25, -0.2) is 8.78 Å². The second-order valence-electron chi connectivity index (χ2n) is 3.93. The summed E-state index contributed by atoms with van der Waals surface area (Å²) < 4.78 is 25.8. The van der Waals surface area contributed by atoms with E-state index in [0.29, 0.717) is 5.75 Å². The Labute approximate surface area is 109 Å². The van der Waals surface area contributed by atoms with Gasteiger partial charge in [0.15, 0.2) is 0 Å². The summed E-state index contributed by atoms with van der Waals surface area (Å²) in [6.45, 7) is 0. The predicted octanol–water partition coefficient (Wildman–Crippen LogP) is 3.76. The molecular formula is C14H13F2NS. The van der Waals surface area contributed by atoms with Gasteiger partial charge in [0.1, 0.15) is 11.6 Å². The summed E-state index contributed by atoms with van der Waals surface area (Å²) >= 11 is 1.52. The summed E-state index contributed by atoms with van der Waals surface area (Å²) in [6, 6.07) is 12.3. The molecule has 2 rings (SSSR count). The van der Waals surface area contributed by atoms with E-state index in [-0.39, 0.29) is 17.7 Å². The molecule has 0 spiro atoms. The number of hydrogen-bond acceptors (Lipinski definition) is 2. The third kappa shape index (κ3) is 3.55. The van der Waals surface area contributed by atoms with Gasteiger partial charge in [0.2, 0.25) is 0 Å². The van der Waals surface area contributed by atoms with Crippen LogP contribution in [-0.2, 0) is 0 Å². The average molecular weight is 265 g/mol. The van der Waals surface area contributed by atoms with Gasteiger partial charge in [-0.1, -0.05) is 12.1 Å². The molecule has 0 aliphatic heterocycles. The van der Waals surface area contributed by atoms with E-state index < -0.39 is 0 Å². The Morgan fingerprint density at radius 1 is 1.00 bits per heavy atom. The summed E-state index contributed by atoms with van der Waals surface area (Å²) in [5.41, 5.74) is 6.75. The van der Waals surface area contributed by atoms with Crippen molar-refractivity contribution in [2.24, 2.45) is 5.73 Å². The molecule has 0 fully saturated rings. The number of hydrogen-bond donors (Lipinski definition) is 1. The molecule has 0 saturated carbocycles. The summed E-state index contributed by atoms with van der Waals surface area (Å²) in [7, 11) is 0. The molecule has 18 heavy (non-hydrogen) atoms.